The Kier molecular flexibility index (Phi) is 6.60. The second-order valence-electron chi connectivity index (χ2n) is 6.81. The molecule has 2 aromatic carbocycles. The molecular formula is C22H25NO4. The zero-order valence-corrected chi connectivity index (χ0v) is 15.3. The minimum Gasteiger partial charge on any atom is -0.453 e. The van der Waals surface area contributed by atoms with E-state index >= 15 is 0 Å². The van der Waals surface area contributed by atoms with Crippen LogP contribution in [0.2, 0.25) is 0 Å². The van der Waals surface area contributed by atoms with Gasteiger partial charge in [0.2, 0.25) is 0 Å². The Morgan fingerprint density at radius 3 is 2.19 bits per heavy atom. The van der Waals surface area contributed by atoms with E-state index in [9.17, 15) is 14.7 Å². The Hall–Kier alpha value is -2.66. The zero-order chi connectivity index (χ0) is 19.1. The van der Waals surface area contributed by atoms with Crippen LogP contribution in [-0.4, -0.2) is 29.6 Å². The lowest BCUT2D eigenvalue weighted by atomic mass is 9.93. The van der Waals surface area contributed by atoms with E-state index in [0.717, 1.165) is 31.4 Å². The van der Waals surface area contributed by atoms with Crippen molar-refractivity contribution >= 4 is 17.6 Å². The number of aliphatic hydroxyl groups excluding tert-OH is 1. The molecule has 1 atom stereocenters. The highest BCUT2D eigenvalue weighted by molar-refractivity contribution is 5.96. The van der Waals surface area contributed by atoms with Crippen molar-refractivity contribution < 1.29 is 19.4 Å². The Bertz CT molecular complexity index is 741. The molecule has 27 heavy (non-hydrogen) atoms. The SMILES string of the molecule is O=C(OCC(=O)N(c1ccccc1)C1CCCCC1)[C@H](O)c1ccccc1. The minimum atomic E-state index is -1.39. The van der Waals surface area contributed by atoms with Crippen LogP contribution in [0.3, 0.4) is 0 Å². The number of rotatable bonds is 6. The lowest BCUT2D eigenvalue weighted by molar-refractivity contribution is -0.156. The molecule has 1 amide bonds. The number of nitrogens with zero attached hydrogens (tertiary/aromatic N) is 1. The van der Waals surface area contributed by atoms with Gasteiger partial charge in [-0.25, -0.2) is 4.79 Å². The van der Waals surface area contributed by atoms with Crippen molar-refractivity contribution in [3.63, 3.8) is 0 Å². The van der Waals surface area contributed by atoms with Crippen LogP contribution in [0.25, 0.3) is 0 Å². The van der Waals surface area contributed by atoms with Crippen LogP contribution in [0.5, 0.6) is 0 Å². The number of para-hydroxylation sites is 1. The smallest absolute Gasteiger partial charge is 0.340 e. The predicted octanol–water partition coefficient (Wildman–Crippen LogP) is 3.63. The van der Waals surface area contributed by atoms with E-state index in [-0.39, 0.29) is 18.6 Å². The molecule has 0 unspecified atom stereocenters. The monoisotopic (exact) mass is 367 g/mol. The van der Waals surface area contributed by atoms with Gasteiger partial charge in [0.15, 0.2) is 12.7 Å². The summed E-state index contributed by atoms with van der Waals surface area (Å²) in [6.07, 6.45) is 3.87. The highest BCUT2D eigenvalue weighted by atomic mass is 16.5. The van der Waals surface area contributed by atoms with Crippen molar-refractivity contribution in [1.82, 2.24) is 0 Å². The molecule has 0 spiro atoms. The van der Waals surface area contributed by atoms with Crippen molar-refractivity contribution in [1.29, 1.82) is 0 Å². The maximum atomic E-state index is 12.9. The number of benzene rings is 2. The highest BCUT2D eigenvalue weighted by Crippen LogP contribution is 2.27. The highest BCUT2D eigenvalue weighted by Gasteiger charge is 2.28. The van der Waals surface area contributed by atoms with Crippen LogP contribution in [0.1, 0.15) is 43.8 Å². The molecule has 1 aliphatic carbocycles. The number of aliphatic hydroxyl groups is 1. The number of carbonyl (C=O) groups is 2. The summed E-state index contributed by atoms with van der Waals surface area (Å²) in [6.45, 7) is -0.381. The minimum absolute atomic E-state index is 0.117. The summed E-state index contributed by atoms with van der Waals surface area (Å²) in [5.41, 5.74) is 1.26. The van der Waals surface area contributed by atoms with E-state index in [2.05, 4.69) is 0 Å². The van der Waals surface area contributed by atoms with Gasteiger partial charge in [0, 0.05) is 11.7 Å². The molecule has 1 N–H and O–H groups in total. The first-order valence-electron chi connectivity index (χ1n) is 9.43. The number of ether oxygens (including phenoxy) is 1. The fourth-order valence-corrected chi connectivity index (χ4v) is 3.54. The molecule has 0 aliphatic heterocycles. The van der Waals surface area contributed by atoms with Gasteiger partial charge in [-0.2, -0.15) is 0 Å². The molecule has 0 bridgehead atoms. The van der Waals surface area contributed by atoms with Crippen LogP contribution in [0, 0.1) is 0 Å². The molecule has 0 radical (unpaired) electrons. The zero-order valence-electron chi connectivity index (χ0n) is 15.3. The molecule has 0 aromatic heterocycles. The maximum absolute atomic E-state index is 12.9. The molecule has 0 heterocycles. The topological polar surface area (TPSA) is 66.8 Å². The summed E-state index contributed by atoms with van der Waals surface area (Å²) in [4.78, 5) is 26.8. The average molecular weight is 367 g/mol. The van der Waals surface area contributed by atoms with Crippen molar-refractivity contribution in [3.05, 3.63) is 66.2 Å². The quantitative estimate of drug-likeness (QED) is 0.792. The summed E-state index contributed by atoms with van der Waals surface area (Å²) < 4.78 is 5.13. The van der Waals surface area contributed by atoms with E-state index in [1.165, 1.54) is 6.42 Å². The third kappa shape index (κ3) is 4.95. The summed E-state index contributed by atoms with van der Waals surface area (Å²) in [7, 11) is 0. The molecule has 5 nitrogen and oxygen atoms in total. The Balaban J connectivity index is 1.66. The Morgan fingerprint density at radius 2 is 1.56 bits per heavy atom. The van der Waals surface area contributed by atoms with E-state index < -0.39 is 12.1 Å². The van der Waals surface area contributed by atoms with Crippen molar-refractivity contribution in [2.75, 3.05) is 11.5 Å². The second-order valence-corrected chi connectivity index (χ2v) is 6.81. The number of hydrogen-bond acceptors (Lipinski definition) is 4. The lowest BCUT2D eigenvalue weighted by Gasteiger charge is -2.34. The number of carbonyl (C=O) groups excluding carboxylic acids is 2. The molecule has 0 saturated heterocycles. The van der Waals surface area contributed by atoms with Crippen molar-refractivity contribution in [2.45, 2.75) is 44.2 Å². The van der Waals surface area contributed by atoms with Gasteiger partial charge in [-0.15, -0.1) is 0 Å². The number of hydrogen-bond donors (Lipinski definition) is 1. The van der Waals surface area contributed by atoms with Crippen molar-refractivity contribution in [3.8, 4) is 0 Å². The van der Waals surface area contributed by atoms with Crippen LogP contribution >= 0.6 is 0 Å². The fourth-order valence-electron chi connectivity index (χ4n) is 3.54. The third-order valence-electron chi connectivity index (χ3n) is 4.92. The van der Waals surface area contributed by atoms with Crippen LogP contribution in [-0.2, 0) is 14.3 Å². The van der Waals surface area contributed by atoms with Crippen LogP contribution in [0.15, 0.2) is 60.7 Å². The van der Waals surface area contributed by atoms with Gasteiger partial charge in [-0.1, -0.05) is 67.8 Å². The first kappa shape index (κ1) is 19.1. The van der Waals surface area contributed by atoms with Gasteiger partial charge in [0.1, 0.15) is 0 Å². The van der Waals surface area contributed by atoms with Gasteiger partial charge in [0.25, 0.3) is 5.91 Å². The van der Waals surface area contributed by atoms with E-state index in [1.807, 2.05) is 30.3 Å². The molecule has 2 aromatic rings. The largest absolute Gasteiger partial charge is 0.453 e. The molecule has 1 aliphatic rings. The summed E-state index contributed by atoms with van der Waals surface area (Å²) in [5.74, 6) is -1.08. The van der Waals surface area contributed by atoms with Gasteiger partial charge >= 0.3 is 5.97 Å². The van der Waals surface area contributed by atoms with Gasteiger partial charge in [-0.05, 0) is 30.5 Å². The predicted molar refractivity (Wildman–Crippen MR) is 103 cm³/mol. The Morgan fingerprint density at radius 1 is 0.963 bits per heavy atom. The van der Waals surface area contributed by atoms with Gasteiger partial charge in [-0.3, -0.25) is 4.79 Å². The third-order valence-corrected chi connectivity index (χ3v) is 4.92. The van der Waals surface area contributed by atoms with E-state index in [1.54, 1.807) is 35.2 Å². The molecule has 1 fully saturated rings. The van der Waals surface area contributed by atoms with E-state index in [4.69, 9.17) is 4.74 Å². The van der Waals surface area contributed by atoms with Gasteiger partial charge in [0.05, 0.1) is 0 Å². The van der Waals surface area contributed by atoms with Crippen molar-refractivity contribution in [2.24, 2.45) is 0 Å². The first-order chi connectivity index (χ1) is 13.2. The van der Waals surface area contributed by atoms with E-state index in [0.29, 0.717) is 5.56 Å². The van der Waals surface area contributed by atoms with Crippen LogP contribution < -0.4 is 4.90 Å². The number of esters is 1. The summed E-state index contributed by atoms with van der Waals surface area (Å²) in [5, 5.41) is 10.1. The average Bonchev–Trinajstić information content (AvgIpc) is 2.74. The summed E-state index contributed by atoms with van der Waals surface area (Å²) >= 11 is 0. The number of anilines is 1. The standard InChI is InChI=1S/C22H25NO4/c24-20(16-27-22(26)21(25)17-10-4-1-5-11-17)23(18-12-6-2-7-13-18)19-14-8-3-9-15-19/h1-2,4-7,10-13,19,21,25H,3,8-9,14-16H2/t21-/m1/s1. The molecular weight excluding hydrogens is 342 g/mol. The molecule has 1 saturated carbocycles. The fraction of sp³-hybridized carbons (Fsp3) is 0.364. The first-order valence-corrected chi connectivity index (χ1v) is 9.43. The second kappa shape index (κ2) is 9.33. The molecule has 5 heteroatoms. The molecule has 142 valence electrons. The molecule has 3 rings (SSSR count). The lowest BCUT2D eigenvalue weighted by Crippen LogP contribution is -2.44. The van der Waals surface area contributed by atoms with Gasteiger partial charge < -0.3 is 14.7 Å². The maximum Gasteiger partial charge on any atom is 0.340 e. The summed E-state index contributed by atoms with van der Waals surface area (Å²) in [6, 6.07) is 18.2. The number of amides is 1. The Labute approximate surface area is 159 Å². The normalized spacial score (nSPS) is 15.7. The van der Waals surface area contributed by atoms with Crippen LogP contribution in [0.4, 0.5) is 5.69 Å².